The van der Waals surface area contributed by atoms with Crippen molar-refractivity contribution in [2.75, 3.05) is 13.2 Å². The summed E-state index contributed by atoms with van der Waals surface area (Å²) in [6.45, 7) is 0.668. The van der Waals surface area contributed by atoms with E-state index in [4.69, 9.17) is 5.73 Å². The Balaban J connectivity index is 1.89. The van der Waals surface area contributed by atoms with Gasteiger partial charge in [0.2, 0.25) is 5.91 Å². The Bertz CT molecular complexity index is 289. The fourth-order valence-corrected chi connectivity index (χ4v) is 3.36. The molecule has 2 fully saturated rings. The number of carbonyl (C=O) groups is 1. The van der Waals surface area contributed by atoms with Crippen LogP contribution in [0.3, 0.4) is 0 Å². The molecule has 2 rings (SSSR count). The molecule has 0 aromatic rings. The van der Waals surface area contributed by atoms with E-state index in [1.54, 1.807) is 0 Å². The van der Waals surface area contributed by atoms with Crippen molar-refractivity contribution in [1.29, 1.82) is 0 Å². The maximum absolute atomic E-state index is 12.2. The molecule has 0 heterocycles. The second-order valence-electron chi connectivity index (χ2n) is 6.28. The lowest BCUT2D eigenvalue weighted by Gasteiger charge is -2.42. The number of aliphatic hydroxyl groups excluding tert-OH is 1. The summed E-state index contributed by atoms with van der Waals surface area (Å²) < 4.78 is 0. The lowest BCUT2D eigenvalue weighted by molar-refractivity contribution is -0.127. The quantitative estimate of drug-likeness (QED) is 0.692. The fraction of sp³-hybridized carbons (Fsp3) is 0.929. The van der Waals surface area contributed by atoms with Gasteiger partial charge in [-0.1, -0.05) is 19.3 Å². The molecule has 18 heavy (non-hydrogen) atoms. The average Bonchev–Trinajstić information content (AvgIpc) is 2.35. The molecule has 0 saturated heterocycles. The van der Waals surface area contributed by atoms with Crippen molar-refractivity contribution in [2.24, 2.45) is 11.1 Å². The average molecular weight is 254 g/mol. The summed E-state index contributed by atoms with van der Waals surface area (Å²) in [4.78, 5) is 12.2. The third-order valence-corrected chi connectivity index (χ3v) is 4.90. The van der Waals surface area contributed by atoms with E-state index >= 15 is 0 Å². The summed E-state index contributed by atoms with van der Waals surface area (Å²) in [5.41, 5.74) is 5.60. The number of hydrogen-bond donors (Lipinski definition) is 3. The Kier molecular flexibility index (Phi) is 4.28. The highest BCUT2D eigenvalue weighted by Gasteiger charge is 2.40. The summed E-state index contributed by atoms with van der Waals surface area (Å²) in [6, 6.07) is 0. The predicted molar refractivity (Wildman–Crippen MR) is 71.0 cm³/mol. The normalized spacial score (nSPS) is 25.2. The Labute approximate surface area is 109 Å². The second-order valence-corrected chi connectivity index (χ2v) is 6.28. The highest BCUT2D eigenvalue weighted by atomic mass is 16.3. The number of rotatable bonds is 5. The molecule has 0 aromatic carbocycles. The second kappa shape index (κ2) is 5.57. The molecule has 4 heteroatoms. The molecule has 104 valence electrons. The van der Waals surface area contributed by atoms with E-state index in [9.17, 15) is 9.90 Å². The Morgan fingerprint density at radius 1 is 1.11 bits per heavy atom. The minimum absolute atomic E-state index is 0.0166. The van der Waals surface area contributed by atoms with Gasteiger partial charge in [-0.2, -0.15) is 0 Å². The lowest BCUT2D eigenvalue weighted by Crippen LogP contribution is -2.57. The molecule has 4 N–H and O–H groups in total. The van der Waals surface area contributed by atoms with Crippen LogP contribution < -0.4 is 11.1 Å². The van der Waals surface area contributed by atoms with E-state index in [1.165, 1.54) is 19.3 Å². The van der Waals surface area contributed by atoms with Crippen molar-refractivity contribution < 1.29 is 9.90 Å². The summed E-state index contributed by atoms with van der Waals surface area (Å²) in [6.07, 6.45) is 9.24. The molecule has 0 atom stereocenters. The molecule has 0 aromatic heterocycles. The first-order valence-electron chi connectivity index (χ1n) is 7.26. The van der Waals surface area contributed by atoms with Crippen LogP contribution in [0.15, 0.2) is 0 Å². The first-order valence-corrected chi connectivity index (χ1v) is 7.26. The van der Waals surface area contributed by atoms with Gasteiger partial charge >= 0.3 is 0 Å². The Morgan fingerprint density at radius 3 is 2.22 bits per heavy atom. The summed E-state index contributed by atoms with van der Waals surface area (Å²) in [5.74, 6) is 0.0797. The highest BCUT2D eigenvalue weighted by molar-refractivity contribution is 5.77. The molecule has 0 bridgehead atoms. The number of nitrogens with one attached hydrogen (secondary N) is 1. The lowest BCUT2D eigenvalue weighted by atomic mass is 9.71. The maximum Gasteiger partial charge on any atom is 0.221 e. The zero-order valence-corrected chi connectivity index (χ0v) is 11.2. The molecule has 0 radical (unpaired) electrons. The molecular weight excluding hydrogens is 228 g/mol. The van der Waals surface area contributed by atoms with Crippen LogP contribution in [0.5, 0.6) is 0 Å². The standard InChI is InChI=1S/C14H26N2O2/c15-10-13(5-2-1-3-6-13)9-12(18)16-14(11-17)7-4-8-14/h17H,1-11,15H2,(H,16,18). The van der Waals surface area contributed by atoms with E-state index in [0.717, 1.165) is 32.1 Å². The summed E-state index contributed by atoms with van der Waals surface area (Å²) >= 11 is 0. The molecule has 0 unspecified atom stereocenters. The summed E-state index contributed by atoms with van der Waals surface area (Å²) in [5, 5.41) is 12.4. The predicted octanol–water partition coefficient (Wildman–Crippen LogP) is 1.32. The maximum atomic E-state index is 12.2. The van der Waals surface area contributed by atoms with Crippen LogP contribution in [0.1, 0.15) is 57.8 Å². The fourth-order valence-electron chi connectivity index (χ4n) is 3.36. The Hall–Kier alpha value is -0.610. The van der Waals surface area contributed by atoms with Crippen molar-refractivity contribution in [2.45, 2.75) is 63.3 Å². The molecule has 0 spiro atoms. The van der Waals surface area contributed by atoms with Crippen LogP contribution in [0.25, 0.3) is 0 Å². The van der Waals surface area contributed by atoms with Crippen molar-refractivity contribution in [3.63, 3.8) is 0 Å². The van der Waals surface area contributed by atoms with Crippen LogP contribution in [0.2, 0.25) is 0 Å². The molecule has 2 aliphatic rings. The number of aliphatic hydroxyl groups is 1. The zero-order chi connectivity index (χ0) is 13.1. The number of carbonyl (C=O) groups excluding carboxylic acids is 1. The highest BCUT2D eigenvalue weighted by Crippen LogP contribution is 2.39. The molecule has 0 aliphatic heterocycles. The van der Waals surface area contributed by atoms with E-state index in [0.29, 0.717) is 13.0 Å². The molecular formula is C14H26N2O2. The largest absolute Gasteiger partial charge is 0.394 e. The number of amides is 1. The minimum Gasteiger partial charge on any atom is -0.394 e. The zero-order valence-electron chi connectivity index (χ0n) is 11.2. The Morgan fingerprint density at radius 2 is 1.78 bits per heavy atom. The van der Waals surface area contributed by atoms with Gasteiger partial charge in [0, 0.05) is 6.42 Å². The van der Waals surface area contributed by atoms with Crippen LogP contribution in [0, 0.1) is 5.41 Å². The smallest absolute Gasteiger partial charge is 0.221 e. The van der Waals surface area contributed by atoms with Crippen LogP contribution >= 0.6 is 0 Å². The van der Waals surface area contributed by atoms with Crippen LogP contribution in [0.4, 0.5) is 0 Å². The van der Waals surface area contributed by atoms with E-state index in [-0.39, 0.29) is 23.5 Å². The van der Waals surface area contributed by atoms with Gasteiger partial charge in [0.15, 0.2) is 0 Å². The topological polar surface area (TPSA) is 75.4 Å². The molecule has 1 amide bonds. The van der Waals surface area contributed by atoms with Gasteiger partial charge in [-0.15, -0.1) is 0 Å². The monoisotopic (exact) mass is 254 g/mol. The molecule has 2 aliphatic carbocycles. The molecule has 4 nitrogen and oxygen atoms in total. The van der Waals surface area contributed by atoms with E-state index in [2.05, 4.69) is 5.32 Å². The first kappa shape index (κ1) is 13.8. The van der Waals surface area contributed by atoms with Crippen molar-refractivity contribution in [1.82, 2.24) is 5.32 Å². The third-order valence-electron chi connectivity index (χ3n) is 4.90. The molecule has 2 saturated carbocycles. The van der Waals surface area contributed by atoms with Crippen LogP contribution in [-0.4, -0.2) is 29.7 Å². The number of nitrogens with two attached hydrogens (primary N) is 1. The first-order chi connectivity index (χ1) is 8.64. The number of hydrogen-bond acceptors (Lipinski definition) is 3. The van der Waals surface area contributed by atoms with Gasteiger partial charge in [-0.05, 0) is 44.1 Å². The van der Waals surface area contributed by atoms with Gasteiger partial charge in [0.05, 0.1) is 12.1 Å². The third kappa shape index (κ3) is 2.86. The van der Waals surface area contributed by atoms with Crippen LogP contribution in [-0.2, 0) is 4.79 Å². The van der Waals surface area contributed by atoms with Crippen molar-refractivity contribution >= 4 is 5.91 Å². The van der Waals surface area contributed by atoms with Crippen molar-refractivity contribution in [3.05, 3.63) is 0 Å². The summed E-state index contributed by atoms with van der Waals surface area (Å²) in [7, 11) is 0. The van der Waals surface area contributed by atoms with Crippen molar-refractivity contribution in [3.8, 4) is 0 Å². The van der Waals surface area contributed by atoms with Gasteiger partial charge in [-0.25, -0.2) is 0 Å². The van der Waals surface area contributed by atoms with Gasteiger partial charge in [0.25, 0.3) is 0 Å². The van der Waals surface area contributed by atoms with Gasteiger partial charge in [-0.3, -0.25) is 4.79 Å². The SMILES string of the molecule is NCC1(CC(=O)NC2(CO)CCC2)CCCCC1. The minimum atomic E-state index is -0.318. The van der Waals surface area contributed by atoms with E-state index in [1.807, 2.05) is 0 Å². The van der Waals surface area contributed by atoms with Gasteiger partial charge in [0.1, 0.15) is 0 Å². The van der Waals surface area contributed by atoms with Gasteiger partial charge < -0.3 is 16.2 Å². The van der Waals surface area contributed by atoms with E-state index < -0.39 is 0 Å².